The van der Waals surface area contributed by atoms with E-state index >= 15 is 0 Å². The molecule has 3 aromatic carbocycles. The third-order valence-corrected chi connectivity index (χ3v) is 5.68. The highest BCUT2D eigenvalue weighted by atomic mass is 79.9. The molecule has 5 rings (SSSR count). The SMILES string of the molecule is O=C(NC(=S)Nc1ccc2oc(-c3ccccc3Br)nc2c1)c1ccc2c(c1)OCCO2. The van der Waals surface area contributed by atoms with E-state index in [0.717, 1.165) is 10.0 Å². The van der Waals surface area contributed by atoms with Crippen molar-refractivity contribution in [2.75, 3.05) is 18.5 Å². The molecule has 1 aromatic heterocycles. The maximum atomic E-state index is 12.6. The maximum absolute atomic E-state index is 12.6. The Kier molecular flexibility index (Phi) is 5.50. The van der Waals surface area contributed by atoms with Crippen LogP contribution in [0.25, 0.3) is 22.6 Å². The van der Waals surface area contributed by atoms with E-state index in [4.69, 9.17) is 26.1 Å². The van der Waals surface area contributed by atoms with E-state index in [1.54, 1.807) is 30.3 Å². The van der Waals surface area contributed by atoms with Crippen LogP contribution in [0.1, 0.15) is 10.4 Å². The minimum Gasteiger partial charge on any atom is -0.486 e. The van der Waals surface area contributed by atoms with Gasteiger partial charge >= 0.3 is 0 Å². The fraction of sp³-hybridized carbons (Fsp3) is 0.0870. The number of nitrogens with zero attached hydrogens (tertiary/aromatic N) is 1. The van der Waals surface area contributed by atoms with Crippen LogP contribution in [0.15, 0.2) is 69.6 Å². The fourth-order valence-corrected chi connectivity index (χ4v) is 3.94. The Labute approximate surface area is 196 Å². The Hall–Kier alpha value is -3.43. The standard InChI is InChI=1S/C23H16BrN3O4S/c24-16-4-2-1-3-15(16)22-26-17-12-14(6-8-18(17)31-22)25-23(32)27-21(28)13-5-7-19-20(11-13)30-10-9-29-19/h1-8,11-12H,9-10H2,(H2,25,27,28,32). The average molecular weight is 510 g/mol. The predicted molar refractivity (Wildman–Crippen MR) is 128 cm³/mol. The maximum Gasteiger partial charge on any atom is 0.257 e. The molecule has 4 aromatic rings. The Bertz CT molecular complexity index is 1350. The van der Waals surface area contributed by atoms with Gasteiger partial charge in [-0.2, -0.15) is 0 Å². The van der Waals surface area contributed by atoms with Gasteiger partial charge < -0.3 is 19.2 Å². The molecular formula is C23H16BrN3O4S. The number of thiocarbonyl (C=S) groups is 1. The van der Waals surface area contributed by atoms with Crippen molar-refractivity contribution in [2.45, 2.75) is 0 Å². The number of carbonyl (C=O) groups excluding carboxylic acids is 1. The van der Waals surface area contributed by atoms with Crippen molar-refractivity contribution in [3.63, 3.8) is 0 Å². The number of hydrogen-bond donors (Lipinski definition) is 2. The Morgan fingerprint density at radius 1 is 1.00 bits per heavy atom. The van der Waals surface area contributed by atoms with Crippen molar-refractivity contribution in [1.29, 1.82) is 0 Å². The lowest BCUT2D eigenvalue weighted by Gasteiger charge is -2.18. The molecule has 160 valence electrons. The summed E-state index contributed by atoms with van der Waals surface area (Å²) in [6, 6.07) is 18.1. The van der Waals surface area contributed by atoms with Gasteiger partial charge in [0.25, 0.3) is 5.91 Å². The van der Waals surface area contributed by atoms with E-state index in [9.17, 15) is 4.79 Å². The Balaban J connectivity index is 1.29. The number of benzene rings is 3. The molecule has 0 spiro atoms. The summed E-state index contributed by atoms with van der Waals surface area (Å²) in [6.45, 7) is 0.942. The van der Waals surface area contributed by atoms with Crippen LogP contribution in [0.2, 0.25) is 0 Å². The van der Waals surface area contributed by atoms with Crippen LogP contribution in [-0.4, -0.2) is 29.2 Å². The number of nitrogens with one attached hydrogen (secondary N) is 2. The lowest BCUT2D eigenvalue weighted by molar-refractivity contribution is 0.0976. The minimum absolute atomic E-state index is 0.166. The van der Waals surface area contributed by atoms with Gasteiger partial charge in [0.1, 0.15) is 18.7 Å². The molecular weight excluding hydrogens is 494 g/mol. The lowest BCUT2D eigenvalue weighted by atomic mass is 10.2. The number of halogens is 1. The number of fused-ring (bicyclic) bond motifs is 2. The van der Waals surface area contributed by atoms with Gasteiger partial charge in [-0.25, -0.2) is 4.98 Å². The van der Waals surface area contributed by atoms with E-state index < -0.39 is 0 Å². The number of ether oxygens (including phenoxy) is 2. The number of carbonyl (C=O) groups is 1. The summed E-state index contributed by atoms with van der Waals surface area (Å²) in [4.78, 5) is 17.1. The minimum atomic E-state index is -0.349. The van der Waals surface area contributed by atoms with Crippen LogP contribution < -0.4 is 20.1 Å². The van der Waals surface area contributed by atoms with Crippen molar-refractivity contribution in [1.82, 2.24) is 10.3 Å². The number of aromatic nitrogens is 1. The molecule has 1 aliphatic heterocycles. The summed E-state index contributed by atoms with van der Waals surface area (Å²) in [7, 11) is 0. The Morgan fingerprint density at radius 3 is 2.66 bits per heavy atom. The van der Waals surface area contributed by atoms with Gasteiger partial charge in [0.05, 0.1) is 5.56 Å². The zero-order valence-corrected chi connectivity index (χ0v) is 19.0. The molecule has 2 heterocycles. The average Bonchev–Trinajstić information content (AvgIpc) is 3.22. The predicted octanol–water partition coefficient (Wildman–Crippen LogP) is 5.16. The van der Waals surface area contributed by atoms with Gasteiger partial charge in [-0.1, -0.05) is 12.1 Å². The molecule has 0 fully saturated rings. The molecule has 1 amide bonds. The quantitative estimate of drug-likeness (QED) is 0.369. The number of oxazole rings is 1. The third kappa shape index (κ3) is 4.17. The number of anilines is 1. The van der Waals surface area contributed by atoms with Gasteiger partial charge in [0, 0.05) is 15.7 Å². The topological polar surface area (TPSA) is 85.6 Å². The summed E-state index contributed by atoms with van der Waals surface area (Å²) >= 11 is 8.82. The first kappa shape index (κ1) is 20.5. The van der Waals surface area contributed by atoms with Crippen molar-refractivity contribution < 1.29 is 18.7 Å². The first-order valence-corrected chi connectivity index (χ1v) is 10.9. The number of rotatable bonds is 3. The summed E-state index contributed by atoms with van der Waals surface area (Å²) in [5, 5.41) is 5.85. The molecule has 0 radical (unpaired) electrons. The second-order valence-electron chi connectivity index (χ2n) is 6.95. The van der Waals surface area contributed by atoms with Gasteiger partial charge in [0.2, 0.25) is 5.89 Å². The zero-order valence-electron chi connectivity index (χ0n) is 16.6. The first-order valence-electron chi connectivity index (χ1n) is 9.74. The smallest absolute Gasteiger partial charge is 0.257 e. The van der Waals surface area contributed by atoms with E-state index in [1.807, 2.05) is 30.3 Å². The van der Waals surface area contributed by atoms with Crippen molar-refractivity contribution in [2.24, 2.45) is 0 Å². The highest BCUT2D eigenvalue weighted by molar-refractivity contribution is 9.10. The van der Waals surface area contributed by atoms with Crippen LogP contribution in [0.5, 0.6) is 11.5 Å². The number of hydrogen-bond acceptors (Lipinski definition) is 6. The molecule has 0 saturated carbocycles. The third-order valence-electron chi connectivity index (χ3n) is 4.78. The van der Waals surface area contributed by atoms with E-state index in [1.165, 1.54) is 0 Å². The highest BCUT2D eigenvalue weighted by Gasteiger charge is 2.16. The second-order valence-corrected chi connectivity index (χ2v) is 8.21. The van der Waals surface area contributed by atoms with Crippen molar-refractivity contribution >= 4 is 56.0 Å². The van der Waals surface area contributed by atoms with Crippen LogP contribution in [0, 0.1) is 0 Å². The normalized spacial score (nSPS) is 12.4. The largest absolute Gasteiger partial charge is 0.486 e. The molecule has 1 aliphatic rings. The molecule has 7 nitrogen and oxygen atoms in total. The van der Waals surface area contributed by atoms with Gasteiger partial charge in [0.15, 0.2) is 22.2 Å². The zero-order chi connectivity index (χ0) is 22.1. The van der Waals surface area contributed by atoms with E-state index in [2.05, 4.69) is 31.5 Å². The summed E-state index contributed by atoms with van der Waals surface area (Å²) in [5.41, 5.74) is 3.27. The highest BCUT2D eigenvalue weighted by Crippen LogP contribution is 2.32. The summed E-state index contributed by atoms with van der Waals surface area (Å²) < 4.78 is 17.8. The van der Waals surface area contributed by atoms with Crippen LogP contribution in [-0.2, 0) is 0 Å². The van der Waals surface area contributed by atoms with E-state index in [-0.39, 0.29) is 11.0 Å². The molecule has 2 N–H and O–H groups in total. The molecule has 0 unspecified atom stereocenters. The van der Waals surface area contributed by atoms with Gasteiger partial charge in [-0.15, -0.1) is 0 Å². The molecule has 0 aliphatic carbocycles. The molecule has 0 atom stereocenters. The Morgan fingerprint density at radius 2 is 1.81 bits per heavy atom. The number of amides is 1. The summed E-state index contributed by atoms with van der Waals surface area (Å²) in [5.74, 6) is 1.33. The van der Waals surface area contributed by atoms with Crippen LogP contribution in [0.4, 0.5) is 5.69 Å². The molecule has 32 heavy (non-hydrogen) atoms. The fourth-order valence-electron chi connectivity index (χ4n) is 3.28. The lowest BCUT2D eigenvalue weighted by Crippen LogP contribution is -2.34. The molecule has 0 bridgehead atoms. The first-order chi connectivity index (χ1) is 15.6. The van der Waals surface area contributed by atoms with Crippen molar-refractivity contribution in [3.8, 4) is 23.0 Å². The molecule has 9 heteroatoms. The van der Waals surface area contributed by atoms with E-state index in [0.29, 0.717) is 53.0 Å². The monoisotopic (exact) mass is 509 g/mol. The van der Waals surface area contributed by atoms with Gasteiger partial charge in [-0.05, 0) is 76.7 Å². The van der Waals surface area contributed by atoms with Crippen LogP contribution >= 0.6 is 28.1 Å². The van der Waals surface area contributed by atoms with Crippen molar-refractivity contribution in [3.05, 3.63) is 70.7 Å². The van der Waals surface area contributed by atoms with Gasteiger partial charge in [-0.3, -0.25) is 10.1 Å². The second kappa shape index (κ2) is 8.60. The summed E-state index contributed by atoms with van der Waals surface area (Å²) in [6.07, 6.45) is 0. The van der Waals surface area contributed by atoms with Crippen LogP contribution in [0.3, 0.4) is 0 Å². The molecule has 0 saturated heterocycles.